The van der Waals surface area contributed by atoms with Gasteiger partial charge in [0.15, 0.2) is 0 Å². The average Bonchev–Trinajstić information content (AvgIpc) is 2.40. The van der Waals surface area contributed by atoms with E-state index in [1.807, 2.05) is 6.92 Å². The Morgan fingerprint density at radius 2 is 1.28 bits per heavy atom. The van der Waals surface area contributed by atoms with Crippen molar-refractivity contribution in [2.45, 2.75) is 90.6 Å². The van der Waals surface area contributed by atoms with E-state index >= 15 is 0 Å². The summed E-state index contributed by atoms with van der Waals surface area (Å²) in [7, 11) is 0. The molecule has 0 radical (unpaired) electrons. The van der Waals surface area contributed by atoms with Crippen LogP contribution in [0.15, 0.2) is 0 Å². The molecule has 0 fully saturated rings. The Balaban J connectivity index is 3.28. The zero-order chi connectivity index (χ0) is 13.6. The summed E-state index contributed by atoms with van der Waals surface area (Å²) < 4.78 is 0. The van der Waals surface area contributed by atoms with Crippen molar-refractivity contribution in [1.82, 2.24) is 0 Å². The minimum atomic E-state index is -0.316. The summed E-state index contributed by atoms with van der Waals surface area (Å²) in [4.78, 5) is 0. The van der Waals surface area contributed by atoms with Gasteiger partial charge in [0.2, 0.25) is 0 Å². The van der Waals surface area contributed by atoms with Crippen molar-refractivity contribution in [3.63, 3.8) is 0 Å². The first-order valence-corrected chi connectivity index (χ1v) is 8.05. The third-order valence-electron chi connectivity index (χ3n) is 3.88. The first-order valence-electron chi connectivity index (χ1n) is 8.05. The molecule has 0 saturated carbocycles. The fourth-order valence-corrected chi connectivity index (χ4v) is 2.46. The quantitative estimate of drug-likeness (QED) is 0.484. The molecule has 0 bridgehead atoms. The third-order valence-corrected chi connectivity index (χ3v) is 3.88. The van der Waals surface area contributed by atoms with Gasteiger partial charge in [-0.15, -0.1) is 0 Å². The highest BCUT2D eigenvalue weighted by molar-refractivity contribution is 4.66. The lowest BCUT2D eigenvalue weighted by Crippen LogP contribution is -2.22. The summed E-state index contributed by atoms with van der Waals surface area (Å²) in [5.74, 6) is 0.0968. The van der Waals surface area contributed by atoms with Crippen LogP contribution >= 0.6 is 0 Å². The number of aliphatic hydroxyl groups is 2. The summed E-state index contributed by atoms with van der Waals surface area (Å²) in [6.07, 6.45) is 13.3. The fourth-order valence-electron chi connectivity index (χ4n) is 2.46. The van der Waals surface area contributed by atoms with Crippen LogP contribution in [-0.4, -0.2) is 22.9 Å². The van der Waals surface area contributed by atoms with Crippen LogP contribution in [0.1, 0.15) is 84.5 Å². The van der Waals surface area contributed by atoms with Crippen molar-refractivity contribution in [1.29, 1.82) is 0 Å². The van der Waals surface area contributed by atoms with Gasteiger partial charge in [0, 0.05) is 12.5 Å². The molecule has 0 aliphatic carbocycles. The van der Waals surface area contributed by atoms with Gasteiger partial charge >= 0.3 is 0 Å². The lowest BCUT2D eigenvalue weighted by molar-refractivity contribution is 0.0582. The molecule has 0 rings (SSSR count). The predicted molar refractivity (Wildman–Crippen MR) is 78.7 cm³/mol. The molecule has 0 spiro atoms. The van der Waals surface area contributed by atoms with Crippen LogP contribution in [-0.2, 0) is 0 Å². The van der Waals surface area contributed by atoms with E-state index in [0.717, 1.165) is 19.3 Å². The largest absolute Gasteiger partial charge is 0.396 e. The number of hydrogen-bond acceptors (Lipinski definition) is 2. The molecule has 2 N–H and O–H groups in total. The van der Waals surface area contributed by atoms with Crippen LogP contribution in [0.4, 0.5) is 0 Å². The standard InChI is InChI=1S/C16H34O2/c1-3-5-6-7-8-9-10-11-12-13-15(14-17)16(18)4-2/h15-18H,3-14H2,1-2H3. The van der Waals surface area contributed by atoms with E-state index in [4.69, 9.17) is 0 Å². The van der Waals surface area contributed by atoms with Crippen LogP contribution in [0.25, 0.3) is 0 Å². The molecule has 2 nitrogen and oxygen atoms in total. The van der Waals surface area contributed by atoms with E-state index in [9.17, 15) is 10.2 Å². The van der Waals surface area contributed by atoms with Gasteiger partial charge in [-0.1, -0.05) is 71.6 Å². The molecule has 0 aliphatic rings. The molecular weight excluding hydrogens is 224 g/mol. The summed E-state index contributed by atoms with van der Waals surface area (Å²) in [5, 5.41) is 18.9. The molecule has 2 atom stereocenters. The Labute approximate surface area is 114 Å². The molecular formula is C16H34O2. The second-order valence-electron chi connectivity index (χ2n) is 5.54. The first-order chi connectivity index (χ1) is 8.76. The minimum absolute atomic E-state index is 0.0968. The summed E-state index contributed by atoms with van der Waals surface area (Å²) >= 11 is 0. The molecule has 2 heteroatoms. The van der Waals surface area contributed by atoms with E-state index in [2.05, 4.69) is 6.92 Å². The zero-order valence-corrected chi connectivity index (χ0v) is 12.5. The monoisotopic (exact) mass is 258 g/mol. The highest BCUT2D eigenvalue weighted by atomic mass is 16.3. The van der Waals surface area contributed by atoms with Crippen LogP contribution in [0.3, 0.4) is 0 Å². The lowest BCUT2D eigenvalue weighted by Gasteiger charge is -2.19. The Kier molecular flexibility index (Phi) is 13.3. The summed E-state index contributed by atoms with van der Waals surface area (Å²) in [6.45, 7) is 4.36. The third kappa shape index (κ3) is 9.90. The van der Waals surface area contributed by atoms with Crippen molar-refractivity contribution in [3.8, 4) is 0 Å². The van der Waals surface area contributed by atoms with Gasteiger partial charge in [0.05, 0.1) is 6.10 Å². The van der Waals surface area contributed by atoms with Crippen LogP contribution in [0.5, 0.6) is 0 Å². The molecule has 0 aliphatic heterocycles. The maximum atomic E-state index is 9.68. The van der Waals surface area contributed by atoms with Gasteiger partial charge in [-0.25, -0.2) is 0 Å². The average molecular weight is 258 g/mol. The van der Waals surface area contributed by atoms with Crippen LogP contribution in [0.2, 0.25) is 0 Å². The van der Waals surface area contributed by atoms with E-state index in [1.54, 1.807) is 0 Å². The number of unbranched alkanes of at least 4 members (excludes halogenated alkanes) is 8. The second kappa shape index (κ2) is 13.4. The zero-order valence-electron chi connectivity index (χ0n) is 12.5. The van der Waals surface area contributed by atoms with Gasteiger partial charge < -0.3 is 10.2 Å². The van der Waals surface area contributed by atoms with Gasteiger partial charge in [0.1, 0.15) is 0 Å². The fraction of sp³-hybridized carbons (Fsp3) is 1.00. The maximum Gasteiger partial charge on any atom is 0.0587 e. The normalized spacial score (nSPS) is 14.7. The molecule has 0 saturated heterocycles. The molecule has 0 aromatic heterocycles. The maximum absolute atomic E-state index is 9.68. The predicted octanol–water partition coefficient (Wildman–Crippen LogP) is 4.29. The van der Waals surface area contributed by atoms with Crippen molar-refractivity contribution in [2.24, 2.45) is 5.92 Å². The second-order valence-corrected chi connectivity index (χ2v) is 5.54. The Hall–Kier alpha value is -0.0800. The van der Waals surface area contributed by atoms with E-state index in [0.29, 0.717) is 0 Å². The highest BCUT2D eigenvalue weighted by Crippen LogP contribution is 2.17. The first kappa shape index (κ1) is 17.9. The summed E-state index contributed by atoms with van der Waals surface area (Å²) in [5.41, 5.74) is 0. The van der Waals surface area contributed by atoms with E-state index < -0.39 is 0 Å². The van der Waals surface area contributed by atoms with Crippen molar-refractivity contribution in [2.75, 3.05) is 6.61 Å². The molecule has 18 heavy (non-hydrogen) atoms. The number of hydrogen-bond donors (Lipinski definition) is 2. The van der Waals surface area contributed by atoms with Crippen molar-refractivity contribution < 1.29 is 10.2 Å². The lowest BCUT2D eigenvalue weighted by atomic mass is 9.94. The molecule has 0 aromatic rings. The Bertz CT molecular complexity index is 159. The van der Waals surface area contributed by atoms with Gasteiger partial charge in [0.25, 0.3) is 0 Å². The molecule has 110 valence electrons. The van der Waals surface area contributed by atoms with Crippen molar-refractivity contribution in [3.05, 3.63) is 0 Å². The number of aliphatic hydroxyl groups excluding tert-OH is 2. The smallest absolute Gasteiger partial charge is 0.0587 e. The van der Waals surface area contributed by atoms with Gasteiger partial charge in [-0.2, -0.15) is 0 Å². The Morgan fingerprint density at radius 1 is 0.778 bits per heavy atom. The van der Waals surface area contributed by atoms with Crippen molar-refractivity contribution >= 4 is 0 Å². The van der Waals surface area contributed by atoms with Crippen LogP contribution in [0, 0.1) is 5.92 Å². The SMILES string of the molecule is CCCCCCCCCCCC(CO)C(O)CC. The minimum Gasteiger partial charge on any atom is -0.396 e. The van der Waals surface area contributed by atoms with Crippen LogP contribution < -0.4 is 0 Å². The molecule has 0 aromatic carbocycles. The number of rotatable bonds is 13. The summed E-state index contributed by atoms with van der Waals surface area (Å²) in [6, 6.07) is 0. The molecule has 0 amide bonds. The molecule has 2 unspecified atom stereocenters. The van der Waals surface area contributed by atoms with E-state index in [-0.39, 0.29) is 18.6 Å². The highest BCUT2D eigenvalue weighted by Gasteiger charge is 2.15. The van der Waals surface area contributed by atoms with Gasteiger partial charge in [-0.05, 0) is 12.8 Å². The Morgan fingerprint density at radius 3 is 1.72 bits per heavy atom. The van der Waals surface area contributed by atoms with Gasteiger partial charge in [-0.3, -0.25) is 0 Å². The topological polar surface area (TPSA) is 40.5 Å². The van der Waals surface area contributed by atoms with E-state index in [1.165, 1.54) is 51.4 Å². The molecule has 0 heterocycles.